The number of aromatic nitrogens is 1. The highest BCUT2D eigenvalue weighted by molar-refractivity contribution is 7.14. The van der Waals surface area contributed by atoms with Crippen molar-refractivity contribution in [2.45, 2.75) is 13.8 Å². The maximum Gasteiger partial charge on any atom is 0.357 e. The number of esters is 1. The zero-order valence-electron chi connectivity index (χ0n) is 10.3. The minimum atomic E-state index is -0.384. The lowest BCUT2D eigenvalue weighted by atomic mass is 10.2. The molecule has 0 bridgehead atoms. The predicted octanol–water partition coefficient (Wildman–Crippen LogP) is 3.37. The van der Waals surface area contributed by atoms with Crippen LogP contribution in [-0.2, 0) is 4.74 Å². The van der Waals surface area contributed by atoms with E-state index < -0.39 is 0 Å². The molecule has 0 amide bonds. The number of thiazole rings is 1. The number of hydrogen-bond acceptors (Lipinski definition) is 5. The molecule has 1 N–H and O–H groups in total. The second-order valence-corrected chi connectivity index (χ2v) is 4.61. The first kappa shape index (κ1) is 12.6. The Morgan fingerprint density at radius 2 is 2.11 bits per heavy atom. The summed E-state index contributed by atoms with van der Waals surface area (Å²) in [5, 5.41) is 5.52. The van der Waals surface area contributed by atoms with E-state index in [2.05, 4.69) is 10.3 Å². The number of nitrogens with one attached hydrogen (secondary N) is 1. The third-order valence-corrected chi connectivity index (χ3v) is 3.05. The van der Waals surface area contributed by atoms with Gasteiger partial charge in [0, 0.05) is 11.1 Å². The Balaban J connectivity index is 2.06. The average Bonchev–Trinajstić information content (AvgIpc) is 2.81. The molecule has 0 radical (unpaired) electrons. The SMILES string of the molecule is CCOC(=O)c1csc(Nc2ccc(C)cc2)n1. The molecule has 0 fully saturated rings. The molecular formula is C13H14N2O2S. The smallest absolute Gasteiger partial charge is 0.357 e. The lowest BCUT2D eigenvalue weighted by molar-refractivity contribution is 0.0520. The summed E-state index contributed by atoms with van der Waals surface area (Å²) in [6, 6.07) is 7.98. The number of aryl methyl sites for hydroxylation is 1. The molecule has 0 spiro atoms. The molecule has 2 rings (SSSR count). The first-order valence-corrected chi connectivity index (χ1v) is 6.53. The molecule has 1 heterocycles. The molecule has 5 heteroatoms. The number of hydrogen-bond donors (Lipinski definition) is 1. The summed E-state index contributed by atoms with van der Waals surface area (Å²) in [6.07, 6.45) is 0. The molecule has 2 aromatic rings. The summed E-state index contributed by atoms with van der Waals surface area (Å²) in [6.45, 7) is 4.17. The van der Waals surface area contributed by atoms with Gasteiger partial charge >= 0.3 is 5.97 Å². The summed E-state index contributed by atoms with van der Waals surface area (Å²) in [4.78, 5) is 15.6. The van der Waals surface area contributed by atoms with Crippen molar-refractivity contribution in [2.24, 2.45) is 0 Å². The zero-order chi connectivity index (χ0) is 13.0. The molecule has 94 valence electrons. The highest BCUT2D eigenvalue weighted by atomic mass is 32.1. The normalized spacial score (nSPS) is 10.1. The Labute approximate surface area is 110 Å². The summed E-state index contributed by atoms with van der Waals surface area (Å²) < 4.78 is 4.88. The fourth-order valence-corrected chi connectivity index (χ4v) is 2.09. The number of ether oxygens (including phenoxy) is 1. The molecule has 0 saturated carbocycles. The Morgan fingerprint density at radius 3 is 2.78 bits per heavy atom. The van der Waals surface area contributed by atoms with Crippen LogP contribution in [0.5, 0.6) is 0 Å². The molecule has 0 aliphatic heterocycles. The maximum atomic E-state index is 11.4. The average molecular weight is 262 g/mol. The van der Waals surface area contributed by atoms with E-state index in [-0.39, 0.29) is 5.97 Å². The highest BCUT2D eigenvalue weighted by Gasteiger charge is 2.11. The van der Waals surface area contributed by atoms with Crippen LogP contribution in [-0.4, -0.2) is 17.6 Å². The summed E-state index contributed by atoms with van der Waals surface area (Å²) in [5.41, 5.74) is 2.49. The largest absolute Gasteiger partial charge is 0.461 e. The van der Waals surface area contributed by atoms with E-state index in [0.29, 0.717) is 17.4 Å². The number of carbonyl (C=O) groups excluding carboxylic acids is 1. The van der Waals surface area contributed by atoms with Gasteiger partial charge in [-0.25, -0.2) is 9.78 Å². The van der Waals surface area contributed by atoms with Crippen molar-refractivity contribution in [3.05, 3.63) is 40.9 Å². The third kappa shape index (κ3) is 3.07. The van der Waals surface area contributed by atoms with Crippen molar-refractivity contribution >= 4 is 28.1 Å². The van der Waals surface area contributed by atoms with Crippen LogP contribution in [0, 0.1) is 6.92 Å². The van der Waals surface area contributed by atoms with E-state index in [1.54, 1.807) is 12.3 Å². The Morgan fingerprint density at radius 1 is 1.39 bits per heavy atom. The van der Waals surface area contributed by atoms with Gasteiger partial charge in [-0.1, -0.05) is 17.7 Å². The van der Waals surface area contributed by atoms with E-state index in [0.717, 1.165) is 5.69 Å². The fraction of sp³-hybridized carbons (Fsp3) is 0.231. The maximum absolute atomic E-state index is 11.4. The van der Waals surface area contributed by atoms with Crippen molar-refractivity contribution in [3.63, 3.8) is 0 Å². The van der Waals surface area contributed by atoms with Crippen LogP contribution in [0.1, 0.15) is 23.0 Å². The molecule has 4 nitrogen and oxygen atoms in total. The van der Waals surface area contributed by atoms with Crippen molar-refractivity contribution < 1.29 is 9.53 Å². The van der Waals surface area contributed by atoms with E-state index >= 15 is 0 Å². The predicted molar refractivity (Wildman–Crippen MR) is 72.5 cm³/mol. The van der Waals surface area contributed by atoms with Gasteiger partial charge in [0.25, 0.3) is 0 Å². The van der Waals surface area contributed by atoms with E-state index in [1.807, 2.05) is 31.2 Å². The minimum absolute atomic E-state index is 0.344. The van der Waals surface area contributed by atoms with Gasteiger partial charge in [-0.2, -0.15) is 0 Å². The van der Waals surface area contributed by atoms with E-state index in [4.69, 9.17) is 4.74 Å². The second-order valence-electron chi connectivity index (χ2n) is 3.75. The van der Waals surface area contributed by atoms with Crippen molar-refractivity contribution in [3.8, 4) is 0 Å². The molecule has 0 atom stereocenters. The number of nitrogens with zero attached hydrogens (tertiary/aromatic N) is 1. The van der Waals surface area contributed by atoms with Crippen molar-refractivity contribution in [1.29, 1.82) is 0 Å². The quantitative estimate of drug-likeness (QED) is 0.858. The lowest BCUT2D eigenvalue weighted by Gasteiger charge is -2.02. The van der Waals surface area contributed by atoms with E-state index in [9.17, 15) is 4.79 Å². The summed E-state index contributed by atoms with van der Waals surface area (Å²) in [5.74, 6) is -0.384. The Kier molecular flexibility index (Phi) is 3.94. The molecule has 1 aromatic heterocycles. The van der Waals surface area contributed by atoms with Gasteiger partial charge in [-0.05, 0) is 26.0 Å². The number of benzene rings is 1. The van der Waals surface area contributed by atoms with Gasteiger partial charge in [0.05, 0.1) is 6.61 Å². The zero-order valence-corrected chi connectivity index (χ0v) is 11.1. The van der Waals surface area contributed by atoms with E-state index in [1.165, 1.54) is 16.9 Å². The number of carbonyl (C=O) groups is 1. The molecule has 1 aromatic carbocycles. The van der Waals surface area contributed by atoms with Crippen molar-refractivity contribution in [1.82, 2.24) is 4.98 Å². The van der Waals surface area contributed by atoms with Crippen LogP contribution in [0.15, 0.2) is 29.6 Å². The fourth-order valence-electron chi connectivity index (χ4n) is 1.39. The van der Waals surface area contributed by atoms with Crippen LogP contribution in [0.25, 0.3) is 0 Å². The van der Waals surface area contributed by atoms with Gasteiger partial charge in [-0.3, -0.25) is 0 Å². The van der Waals surface area contributed by atoms with Crippen LogP contribution >= 0.6 is 11.3 Å². The first-order valence-electron chi connectivity index (χ1n) is 5.65. The summed E-state index contributed by atoms with van der Waals surface area (Å²) >= 11 is 1.38. The Hall–Kier alpha value is -1.88. The second kappa shape index (κ2) is 5.64. The molecule has 0 unspecified atom stereocenters. The van der Waals surface area contributed by atoms with Crippen LogP contribution in [0.4, 0.5) is 10.8 Å². The molecular weight excluding hydrogens is 248 g/mol. The van der Waals surface area contributed by atoms with Crippen molar-refractivity contribution in [2.75, 3.05) is 11.9 Å². The van der Waals surface area contributed by atoms with Crippen LogP contribution < -0.4 is 5.32 Å². The van der Waals surface area contributed by atoms with Gasteiger partial charge < -0.3 is 10.1 Å². The van der Waals surface area contributed by atoms with Crippen LogP contribution in [0.2, 0.25) is 0 Å². The monoisotopic (exact) mass is 262 g/mol. The molecule has 0 aliphatic carbocycles. The summed E-state index contributed by atoms with van der Waals surface area (Å²) in [7, 11) is 0. The van der Waals surface area contributed by atoms with Gasteiger partial charge in [-0.15, -0.1) is 11.3 Å². The highest BCUT2D eigenvalue weighted by Crippen LogP contribution is 2.21. The molecule has 18 heavy (non-hydrogen) atoms. The van der Waals surface area contributed by atoms with Gasteiger partial charge in [0.1, 0.15) is 0 Å². The standard InChI is InChI=1S/C13H14N2O2S/c1-3-17-12(16)11-8-18-13(15-11)14-10-6-4-9(2)5-7-10/h4-8H,3H2,1-2H3,(H,14,15). The van der Waals surface area contributed by atoms with Gasteiger partial charge in [0.2, 0.25) is 0 Å². The topological polar surface area (TPSA) is 51.2 Å². The number of rotatable bonds is 4. The Bertz CT molecular complexity index is 534. The third-order valence-electron chi connectivity index (χ3n) is 2.29. The molecule has 0 saturated heterocycles. The lowest BCUT2D eigenvalue weighted by Crippen LogP contribution is -2.04. The van der Waals surface area contributed by atoms with Crippen LogP contribution in [0.3, 0.4) is 0 Å². The minimum Gasteiger partial charge on any atom is -0.461 e. The molecule has 0 aliphatic rings. The number of anilines is 2. The first-order chi connectivity index (χ1) is 8.69. The van der Waals surface area contributed by atoms with Gasteiger partial charge in [0.15, 0.2) is 10.8 Å².